The first kappa shape index (κ1) is 13.0. The van der Waals surface area contributed by atoms with Gasteiger partial charge in [-0.2, -0.15) is 0 Å². The minimum atomic E-state index is -2.02. The fourth-order valence-electron chi connectivity index (χ4n) is 1.94. The van der Waals surface area contributed by atoms with Gasteiger partial charge in [0.1, 0.15) is 0 Å². The SMILES string of the molecule is CCCCN(CCCC)P1(=O)CC=CC1. The molecule has 15 heavy (non-hydrogen) atoms. The second-order valence-electron chi connectivity index (χ2n) is 4.34. The molecular formula is C12H24NOP. The minimum absolute atomic E-state index is 0.806. The predicted octanol–water partition coefficient (Wildman–Crippen LogP) is 3.74. The van der Waals surface area contributed by atoms with E-state index in [-0.39, 0.29) is 0 Å². The van der Waals surface area contributed by atoms with Crippen LogP contribution in [-0.4, -0.2) is 30.1 Å². The van der Waals surface area contributed by atoms with Crippen LogP contribution in [0.2, 0.25) is 0 Å². The summed E-state index contributed by atoms with van der Waals surface area (Å²) in [5, 5.41) is 0. The predicted molar refractivity (Wildman–Crippen MR) is 67.9 cm³/mol. The van der Waals surface area contributed by atoms with E-state index in [2.05, 4.69) is 30.7 Å². The summed E-state index contributed by atoms with van der Waals surface area (Å²) in [6.45, 7) is 6.44. The van der Waals surface area contributed by atoms with E-state index in [1.54, 1.807) is 0 Å². The summed E-state index contributed by atoms with van der Waals surface area (Å²) in [7, 11) is -2.02. The van der Waals surface area contributed by atoms with Gasteiger partial charge in [-0.3, -0.25) is 4.67 Å². The van der Waals surface area contributed by atoms with E-state index in [9.17, 15) is 4.57 Å². The number of nitrogens with zero attached hydrogens (tertiary/aromatic N) is 1. The van der Waals surface area contributed by atoms with Gasteiger partial charge < -0.3 is 4.57 Å². The fourth-order valence-corrected chi connectivity index (χ4v) is 4.52. The summed E-state index contributed by atoms with van der Waals surface area (Å²) in [6, 6.07) is 0. The van der Waals surface area contributed by atoms with Crippen molar-refractivity contribution < 1.29 is 4.57 Å². The lowest BCUT2D eigenvalue weighted by Crippen LogP contribution is -2.24. The summed E-state index contributed by atoms with van der Waals surface area (Å²) < 4.78 is 14.9. The van der Waals surface area contributed by atoms with E-state index in [0.717, 1.165) is 25.4 Å². The first-order valence-corrected chi connectivity index (χ1v) is 8.24. The molecule has 0 radical (unpaired) electrons. The van der Waals surface area contributed by atoms with Crippen LogP contribution in [0.3, 0.4) is 0 Å². The Kier molecular flexibility index (Phi) is 5.63. The van der Waals surface area contributed by atoms with Crippen molar-refractivity contribution in [1.29, 1.82) is 0 Å². The van der Waals surface area contributed by atoms with Gasteiger partial charge in [-0.05, 0) is 12.8 Å². The number of allylic oxidation sites excluding steroid dienone is 2. The number of hydrogen-bond acceptors (Lipinski definition) is 1. The number of rotatable bonds is 7. The molecule has 0 aliphatic carbocycles. The lowest BCUT2D eigenvalue weighted by atomic mass is 10.3. The van der Waals surface area contributed by atoms with Crippen LogP contribution in [0.4, 0.5) is 0 Å². The molecule has 0 amide bonds. The van der Waals surface area contributed by atoms with Crippen molar-refractivity contribution in [2.45, 2.75) is 39.5 Å². The molecule has 0 aromatic rings. The van der Waals surface area contributed by atoms with Gasteiger partial charge in [0, 0.05) is 25.4 Å². The van der Waals surface area contributed by atoms with Crippen LogP contribution in [-0.2, 0) is 4.57 Å². The Morgan fingerprint density at radius 1 is 1.07 bits per heavy atom. The molecule has 1 aliphatic rings. The lowest BCUT2D eigenvalue weighted by molar-refractivity contribution is 0.396. The molecular weight excluding hydrogens is 205 g/mol. The van der Waals surface area contributed by atoms with E-state index in [0.29, 0.717) is 0 Å². The maximum absolute atomic E-state index is 12.6. The zero-order chi connectivity index (χ0) is 11.1. The van der Waals surface area contributed by atoms with Gasteiger partial charge in [0.15, 0.2) is 7.29 Å². The molecule has 3 heteroatoms. The van der Waals surface area contributed by atoms with E-state index >= 15 is 0 Å². The van der Waals surface area contributed by atoms with Crippen LogP contribution in [0.5, 0.6) is 0 Å². The van der Waals surface area contributed by atoms with Gasteiger partial charge in [-0.15, -0.1) is 0 Å². The Morgan fingerprint density at radius 2 is 1.53 bits per heavy atom. The van der Waals surface area contributed by atoms with Crippen molar-refractivity contribution in [3.8, 4) is 0 Å². The first-order chi connectivity index (χ1) is 7.23. The van der Waals surface area contributed by atoms with Crippen LogP contribution in [0, 0.1) is 0 Å². The summed E-state index contributed by atoms with van der Waals surface area (Å²) in [6.07, 6.45) is 10.5. The second kappa shape index (κ2) is 6.50. The van der Waals surface area contributed by atoms with Gasteiger partial charge in [-0.25, -0.2) is 0 Å². The Hall–Kier alpha value is -0.0700. The molecule has 0 fully saturated rings. The third-order valence-electron chi connectivity index (χ3n) is 3.00. The van der Waals surface area contributed by atoms with Crippen molar-refractivity contribution in [1.82, 2.24) is 4.67 Å². The molecule has 0 bridgehead atoms. The highest BCUT2D eigenvalue weighted by atomic mass is 31.2. The summed E-state index contributed by atoms with van der Waals surface area (Å²) >= 11 is 0. The molecule has 0 spiro atoms. The monoisotopic (exact) mass is 229 g/mol. The van der Waals surface area contributed by atoms with Gasteiger partial charge >= 0.3 is 0 Å². The zero-order valence-corrected chi connectivity index (χ0v) is 11.0. The molecule has 88 valence electrons. The van der Waals surface area contributed by atoms with Gasteiger partial charge in [0.05, 0.1) is 0 Å². The van der Waals surface area contributed by atoms with Gasteiger partial charge in [-0.1, -0.05) is 38.8 Å². The highest BCUT2D eigenvalue weighted by Gasteiger charge is 2.29. The molecule has 0 aromatic heterocycles. The molecule has 0 unspecified atom stereocenters. The van der Waals surface area contributed by atoms with Crippen LogP contribution in [0.1, 0.15) is 39.5 Å². The van der Waals surface area contributed by atoms with Crippen LogP contribution < -0.4 is 0 Å². The van der Waals surface area contributed by atoms with E-state index in [1.165, 1.54) is 25.7 Å². The third kappa shape index (κ3) is 3.77. The van der Waals surface area contributed by atoms with E-state index in [1.807, 2.05) is 0 Å². The Morgan fingerprint density at radius 3 is 1.93 bits per heavy atom. The van der Waals surface area contributed by atoms with Crippen LogP contribution in [0.15, 0.2) is 12.2 Å². The minimum Gasteiger partial charge on any atom is -0.306 e. The summed E-state index contributed by atoms with van der Waals surface area (Å²) in [4.78, 5) is 0. The quantitative estimate of drug-likeness (QED) is 0.489. The van der Waals surface area contributed by atoms with Gasteiger partial charge in [0.25, 0.3) is 0 Å². The van der Waals surface area contributed by atoms with E-state index < -0.39 is 7.29 Å². The highest BCUT2D eigenvalue weighted by Crippen LogP contribution is 2.52. The second-order valence-corrected chi connectivity index (χ2v) is 7.33. The normalized spacial score (nSPS) is 18.9. The lowest BCUT2D eigenvalue weighted by Gasteiger charge is -2.28. The first-order valence-electron chi connectivity index (χ1n) is 6.21. The standard InChI is InChI=1S/C12H24NOP/c1-3-5-9-13(10-6-4-2)15(14)11-7-8-12-15/h7-8H,3-6,9-12H2,1-2H3. The highest BCUT2D eigenvalue weighted by molar-refractivity contribution is 7.62. The molecule has 0 aromatic carbocycles. The largest absolute Gasteiger partial charge is 0.306 e. The Bertz CT molecular complexity index is 230. The smallest absolute Gasteiger partial charge is 0.157 e. The summed E-state index contributed by atoms with van der Waals surface area (Å²) in [5.74, 6) is 0. The third-order valence-corrected chi connectivity index (χ3v) is 6.00. The average Bonchev–Trinajstić information content (AvgIpc) is 2.66. The Balaban J connectivity index is 2.50. The number of hydrogen-bond donors (Lipinski definition) is 0. The van der Waals surface area contributed by atoms with Crippen molar-refractivity contribution in [3.63, 3.8) is 0 Å². The molecule has 0 N–H and O–H groups in total. The topological polar surface area (TPSA) is 20.3 Å². The van der Waals surface area contributed by atoms with Crippen LogP contribution >= 0.6 is 7.29 Å². The summed E-state index contributed by atoms with van der Waals surface area (Å²) in [5.41, 5.74) is 0. The molecule has 1 heterocycles. The van der Waals surface area contributed by atoms with Crippen LogP contribution in [0.25, 0.3) is 0 Å². The van der Waals surface area contributed by atoms with Gasteiger partial charge in [0.2, 0.25) is 0 Å². The van der Waals surface area contributed by atoms with Crippen molar-refractivity contribution in [3.05, 3.63) is 12.2 Å². The number of unbranched alkanes of at least 4 members (excludes halogenated alkanes) is 2. The molecule has 0 atom stereocenters. The average molecular weight is 229 g/mol. The Labute approximate surface area is 94.2 Å². The van der Waals surface area contributed by atoms with E-state index in [4.69, 9.17) is 0 Å². The molecule has 1 rings (SSSR count). The fraction of sp³-hybridized carbons (Fsp3) is 0.833. The molecule has 1 aliphatic heterocycles. The molecule has 0 saturated heterocycles. The maximum Gasteiger partial charge on any atom is 0.157 e. The maximum atomic E-state index is 12.6. The van der Waals surface area contributed by atoms with Crippen molar-refractivity contribution in [2.24, 2.45) is 0 Å². The van der Waals surface area contributed by atoms with Crippen molar-refractivity contribution >= 4 is 7.29 Å². The molecule has 2 nitrogen and oxygen atoms in total. The van der Waals surface area contributed by atoms with Crippen molar-refractivity contribution in [2.75, 3.05) is 25.4 Å². The molecule has 0 saturated carbocycles. The zero-order valence-electron chi connectivity index (χ0n) is 10.1.